The molecule has 0 aliphatic heterocycles. The molecule has 0 N–H and O–H groups in total. The normalized spacial score (nSPS) is 10.6. The summed E-state index contributed by atoms with van der Waals surface area (Å²) in [4.78, 5) is 14.1. The van der Waals surface area contributed by atoms with E-state index in [1.165, 1.54) is 0 Å². The number of para-hydroxylation sites is 1. The maximum absolute atomic E-state index is 12.3. The number of aryl methyl sites for hydroxylation is 2. The third-order valence-electron chi connectivity index (χ3n) is 3.34. The molecule has 1 aromatic carbocycles. The lowest BCUT2D eigenvalue weighted by Gasteiger charge is -2.20. The summed E-state index contributed by atoms with van der Waals surface area (Å²) in [5.41, 5.74) is 2.95. The van der Waals surface area contributed by atoms with Gasteiger partial charge in [-0.15, -0.1) is 11.8 Å². The van der Waals surface area contributed by atoms with Gasteiger partial charge >= 0.3 is 0 Å². The van der Waals surface area contributed by atoms with Crippen LogP contribution in [0.5, 0.6) is 0 Å². The number of carbonyl (C=O) groups is 1. The lowest BCUT2D eigenvalue weighted by Crippen LogP contribution is -2.32. The molecular formula is C16H20N2O2S. The first-order chi connectivity index (χ1) is 10.1. The maximum atomic E-state index is 12.3. The van der Waals surface area contributed by atoms with Gasteiger partial charge in [0, 0.05) is 23.5 Å². The summed E-state index contributed by atoms with van der Waals surface area (Å²) < 4.78 is 5.13. The fourth-order valence-corrected chi connectivity index (χ4v) is 3.19. The summed E-state index contributed by atoms with van der Waals surface area (Å²) in [5, 5.41) is 3.93. The summed E-state index contributed by atoms with van der Waals surface area (Å²) >= 11 is 1.59. The highest BCUT2D eigenvalue weighted by Gasteiger charge is 2.15. The van der Waals surface area contributed by atoms with E-state index < -0.39 is 0 Å². The Labute approximate surface area is 129 Å². The van der Waals surface area contributed by atoms with Crippen molar-refractivity contribution in [2.75, 3.05) is 17.2 Å². The third-order valence-corrected chi connectivity index (χ3v) is 4.28. The molecule has 0 bridgehead atoms. The maximum Gasteiger partial charge on any atom is 0.236 e. The predicted molar refractivity (Wildman–Crippen MR) is 86.6 cm³/mol. The first-order valence-electron chi connectivity index (χ1n) is 6.98. The first-order valence-corrected chi connectivity index (χ1v) is 8.13. The van der Waals surface area contributed by atoms with Gasteiger partial charge in [0.1, 0.15) is 5.76 Å². The molecule has 2 rings (SSSR count). The molecule has 0 aliphatic rings. The molecule has 5 heteroatoms. The monoisotopic (exact) mass is 304 g/mol. The smallest absolute Gasteiger partial charge is 0.236 e. The van der Waals surface area contributed by atoms with Gasteiger partial charge in [0.25, 0.3) is 0 Å². The van der Waals surface area contributed by atoms with Gasteiger partial charge in [-0.25, -0.2) is 0 Å². The number of carbonyl (C=O) groups excluding carboxylic acids is 1. The second-order valence-electron chi connectivity index (χ2n) is 4.77. The second-order valence-corrected chi connectivity index (χ2v) is 5.75. The van der Waals surface area contributed by atoms with Crippen LogP contribution in [0.25, 0.3) is 0 Å². The zero-order chi connectivity index (χ0) is 15.2. The number of nitrogens with zero attached hydrogens (tertiary/aromatic N) is 2. The Bertz CT molecular complexity index is 576. The molecule has 4 nitrogen and oxygen atoms in total. The SMILES string of the molecule is CCN(C(=O)CSCc1c(C)noc1C)c1ccccc1. The standard InChI is InChI=1S/C16H20N2O2S/c1-4-18(14-8-6-5-7-9-14)16(19)11-21-10-15-12(2)17-20-13(15)3/h5-9H,4,10-11H2,1-3H3. The molecule has 0 aliphatic carbocycles. The van der Waals surface area contributed by atoms with E-state index in [2.05, 4.69) is 5.16 Å². The van der Waals surface area contributed by atoms with E-state index in [1.807, 2.05) is 51.1 Å². The zero-order valence-electron chi connectivity index (χ0n) is 12.6. The van der Waals surface area contributed by atoms with Crippen LogP contribution < -0.4 is 4.90 Å². The molecule has 1 amide bonds. The molecule has 0 spiro atoms. The molecule has 0 saturated heterocycles. The Hall–Kier alpha value is -1.75. The average Bonchev–Trinajstić information content (AvgIpc) is 2.81. The number of anilines is 1. The van der Waals surface area contributed by atoms with Crippen molar-refractivity contribution in [2.24, 2.45) is 0 Å². The van der Waals surface area contributed by atoms with Crippen molar-refractivity contribution in [1.29, 1.82) is 0 Å². The Morgan fingerprint density at radius 3 is 2.57 bits per heavy atom. The van der Waals surface area contributed by atoms with E-state index in [4.69, 9.17) is 4.52 Å². The topological polar surface area (TPSA) is 46.3 Å². The van der Waals surface area contributed by atoms with Gasteiger partial charge in [0.15, 0.2) is 0 Å². The van der Waals surface area contributed by atoms with E-state index in [-0.39, 0.29) is 5.91 Å². The van der Waals surface area contributed by atoms with Crippen molar-refractivity contribution >= 4 is 23.4 Å². The van der Waals surface area contributed by atoms with E-state index in [0.29, 0.717) is 12.3 Å². The van der Waals surface area contributed by atoms with Crippen LogP contribution in [-0.2, 0) is 10.5 Å². The Morgan fingerprint density at radius 2 is 2.00 bits per heavy atom. The number of aromatic nitrogens is 1. The van der Waals surface area contributed by atoms with Crippen LogP contribution >= 0.6 is 11.8 Å². The van der Waals surface area contributed by atoms with Crippen molar-refractivity contribution in [3.8, 4) is 0 Å². The summed E-state index contributed by atoms with van der Waals surface area (Å²) in [5.74, 6) is 2.16. The average molecular weight is 304 g/mol. The van der Waals surface area contributed by atoms with Crippen molar-refractivity contribution < 1.29 is 9.32 Å². The Balaban J connectivity index is 1.92. The molecule has 0 radical (unpaired) electrons. The minimum absolute atomic E-state index is 0.125. The number of benzene rings is 1. The van der Waals surface area contributed by atoms with Crippen LogP contribution in [0.3, 0.4) is 0 Å². The van der Waals surface area contributed by atoms with Gasteiger partial charge in [-0.1, -0.05) is 23.4 Å². The van der Waals surface area contributed by atoms with Crippen LogP contribution in [0, 0.1) is 13.8 Å². The van der Waals surface area contributed by atoms with Gasteiger partial charge in [-0.05, 0) is 32.9 Å². The molecule has 112 valence electrons. The predicted octanol–water partition coefficient (Wildman–Crippen LogP) is 3.58. The molecule has 21 heavy (non-hydrogen) atoms. The summed E-state index contributed by atoms with van der Waals surface area (Å²) in [7, 11) is 0. The molecule has 0 atom stereocenters. The Morgan fingerprint density at radius 1 is 1.29 bits per heavy atom. The van der Waals surface area contributed by atoms with Crippen molar-refractivity contribution in [1.82, 2.24) is 5.16 Å². The van der Waals surface area contributed by atoms with Crippen LogP contribution in [0.4, 0.5) is 5.69 Å². The molecular weight excluding hydrogens is 284 g/mol. The van der Waals surface area contributed by atoms with Gasteiger partial charge in [0.2, 0.25) is 5.91 Å². The van der Waals surface area contributed by atoms with Crippen LogP contribution in [0.2, 0.25) is 0 Å². The quantitative estimate of drug-likeness (QED) is 0.818. The summed E-state index contributed by atoms with van der Waals surface area (Å²) in [6.45, 7) is 6.50. The van der Waals surface area contributed by atoms with Gasteiger partial charge in [0.05, 0.1) is 11.4 Å². The highest BCUT2D eigenvalue weighted by Crippen LogP contribution is 2.21. The fourth-order valence-electron chi connectivity index (χ4n) is 2.14. The van der Waals surface area contributed by atoms with Gasteiger partial charge < -0.3 is 9.42 Å². The van der Waals surface area contributed by atoms with Crippen molar-refractivity contribution in [2.45, 2.75) is 26.5 Å². The number of amides is 1. The minimum atomic E-state index is 0.125. The molecule has 2 aromatic rings. The summed E-state index contributed by atoms with van der Waals surface area (Å²) in [6.07, 6.45) is 0. The number of rotatable bonds is 6. The minimum Gasteiger partial charge on any atom is -0.361 e. The molecule has 0 unspecified atom stereocenters. The number of hydrogen-bond donors (Lipinski definition) is 0. The van der Waals surface area contributed by atoms with E-state index in [1.54, 1.807) is 16.7 Å². The second kappa shape index (κ2) is 7.31. The molecule has 0 saturated carbocycles. The lowest BCUT2D eigenvalue weighted by molar-refractivity contribution is -0.116. The Kier molecular flexibility index (Phi) is 5.44. The van der Waals surface area contributed by atoms with Crippen molar-refractivity contribution in [3.05, 3.63) is 47.3 Å². The fraction of sp³-hybridized carbons (Fsp3) is 0.375. The van der Waals surface area contributed by atoms with E-state index in [9.17, 15) is 4.79 Å². The largest absolute Gasteiger partial charge is 0.361 e. The summed E-state index contributed by atoms with van der Waals surface area (Å²) in [6, 6.07) is 9.76. The molecule has 0 fully saturated rings. The lowest BCUT2D eigenvalue weighted by atomic mass is 10.2. The van der Waals surface area contributed by atoms with Gasteiger partial charge in [-0.2, -0.15) is 0 Å². The highest BCUT2D eigenvalue weighted by molar-refractivity contribution is 7.99. The van der Waals surface area contributed by atoms with Crippen molar-refractivity contribution in [3.63, 3.8) is 0 Å². The number of thioether (sulfide) groups is 1. The van der Waals surface area contributed by atoms with Gasteiger partial charge in [-0.3, -0.25) is 4.79 Å². The third kappa shape index (κ3) is 3.88. The van der Waals surface area contributed by atoms with Crippen LogP contribution in [-0.4, -0.2) is 23.4 Å². The van der Waals surface area contributed by atoms with E-state index in [0.717, 1.165) is 28.5 Å². The number of hydrogen-bond acceptors (Lipinski definition) is 4. The zero-order valence-corrected chi connectivity index (χ0v) is 13.4. The van der Waals surface area contributed by atoms with E-state index >= 15 is 0 Å². The van der Waals surface area contributed by atoms with Crippen LogP contribution in [0.15, 0.2) is 34.9 Å². The molecule has 1 aromatic heterocycles. The highest BCUT2D eigenvalue weighted by atomic mass is 32.2. The first kappa shape index (κ1) is 15.6. The van der Waals surface area contributed by atoms with Crippen LogP contribution in [0.1, 0.15) is 23.9 Å². The molecule has 1 heterocycles.